The Morgan fingerprint density at radius 2 is 1.95 bits per heavy atom. The molecule has 0 aliphatic carbocycles. The zero-order valence-electron chi connectivity index (χ0n) is 12.1. The van der Waals surface area contributed by atoms with Crippen molar-refractivity contribution in [2.45, 2.75) is 13.5 Å². The Hall–Kier alpha value is -2.05. The highest BCUT2D eigenvalue weighted by atomic mass is 16.3. The van der Waals surface area contributed by atoms with Crippen molar-refractivity contribution in [3.8, 4) is 0 Å². The van der Waals surface area contributed by atoms with E-state index in [9.17, 15) is 4.79 Å². The summed E-state index contributed by atoms with van der Waals surface area (Å²) in [4.78, 5) is 13.5. The van der Waals surface area contributed by atoms with Crippen molar-refractivity contribution in [3.05, 3.63) is 30.5 Å². The zero-order chi connectivity index (χ0) is 15.2. The lowest BCUT2D eigenvalue weighted by Crippen LogP contribution is -2.38. The molecule has 6 heteroatoms. The van der Waals surface area contributed by atoms with Gasteiger partial charge in [0.05, 0.1) is 18.7 Å². The van der Waals surface area contributed by atoms with E-state index in [1.54, 1.807) is 0 Å². The quantitative estimate of drug-likeness (QED) is 0.754. The fraction of sp³-hybridized carbons (Fsp3) is 0.400. The van der Waals surface area contributed by atoms with Gasteiger partial charge in [-0.05, 0) is 30.5 Å². The Morgan fingerprint density at radius 1 is 1.24 bits per heavy atom. The topological polar surface area (TPSA) is 77.7 Å². The Labute approximate surface area is 123 Å². The molecule has 21 heavy (non-hydrogen) atoms. The first kappa shape index (κ1) is 15.3. The van der Waals surface area contributed by atoms with Crippen LogP contribution in [-0.2, 0) is 6.54 Å². The number of anilines is 1. The second-order valence-electron chi connectivity index (χ2n) is 4.74. The number of urea groups is 1. The van der Waals surface area contributed by atoms with Crippen LogP contribution >= 0.6 is 0 Å². The van der Waals surface area contributed by atoms with Gasteiger partial charge in [-0.2, -0.15) is 0 Å². The molecule has 0 fully saturated rings. The lowest BCUT2D eigenvalue weighted by molar-refractivity contribution is 0.167. The van der Waals surface area contributed by atoms with Gasteiger partial charge in [-0.25, -0.2) is 4.79 Å². The highest BCUT2D eigenvalue weighted by Gasteiger charge is 2.12. The summed E-state index contributed by atoms with van der Waals surface area (Å²) in [5.41, 5.74) is 1.76. The first-order valence-electron chi connectivity index (χ1n) is 7.06. The standard InChI is InChI=1S/C15H21N3O3/c1-2-17-6-5-12-3-4-13(11-14(12)17)16-15(21)18(7-9-19)8-10-20/h3-6,11,19-20H,2,7-10H2,1H3,(H,16,21). The number of carbonyl (C=O) groups excluding carboxylic acids is 1. The van der Waals surface area contributed by atoms with Gasteiger partial charge in [0.2, 0.25) is 0 Å². The SMILES string of the molecule is CCn1ccc2ccc(NC(=O)N(CCO)CCO)cc21. The lowest BCUT2D eigenvalue weighted by Gasteiger charge is -2.21. The molecule has 1 aromatic carbocycles. The van der Waals surface area contributed by atoms with Crippen LogP contribution in [0.5, 0.6) is 0 Å². The number of aliphatic hydroxyl groups is 2. The third-order valence-corrected chi connectivity index (χ3v) is 3.39. The van der Waals surface area contributed by atoms with Gasteiger partial charge < -0.3 is 25.0 Å². The summed E-state index contributed by atoms with van der Waals surface area (Å²) in [7, 11) is 0. The number of aromatic nitrogens is 1. The minimum atomic E-state index is -0.327. The van der Waals surface area contributed by atoms with Gasteiger partial charge in [0.15, 0.2) is 0 Å². The Morgan fingerprint density at radius 3 is 2.57 bits per heavy atom. The van der Waals surface area contributed by atoms with Crippen molar-refractivity contribution in [1.82, 2.24) is 9.47 Å². The van der Waals surface area contributed by atoms with Gasteiger partial charge in [-0.1, -0.05) is 6.07 Å². The molecule has 1 aromatic heterocycles. The number of rotatable bonds is 6. The van der Waals surface area contributed by atoms with Gasteiger partial charge in [0.1, 0.15) is 0 Å². The molecule has 2 rings (SSSR count). The molecule has 2 amide bonds. The maximum absolute atomic E-state index is 12.1. The van der Waals surface area contributed by atoms with E-state index in [2.05, 4.69) is 16.8 Å². The van der Waals surface area contributed by atoms with E-state index in [0.717, 1.165) is 17.4 Å². The van der Waals surface area contributed by atoms with E-state index >= 15 is 0 Å². The van der Waals surface area contributed by atoms with Crippen molar-refractivity contribution in [2.75, 3.05) is 31.6 Å². The Balaban J connectivity index is 2.16. The minimum Gasteiger partial charge on any atom is -0.395 e. The van der Waals surface area contributed by atoms with Crippen LogP contribution in [0, 0.1) is 0 Å². The van der Waals surface area contributed by atoms with Crippen LogP contribution in [0.1, 0.15) is 6.92 Å². The fourth-order valence-electron chi connectivity index (χ4n) is 2.30. The van der Waals surface area contributed by atoms with Gasteiger partial charge in [-0.3, -0.25) is 0 Å². The largest absolute Gasteiger partial charge is 0.395 e. The summed E-state index contributed by atoms with van der Waals surface area (Å²) < 4.78 is 2.10. The molecule has 0 unspecified atom stereocenters. The molecule has 3 N–H and O–H groups in total. The van der Waals surface area contributed by atoms with Crippen molar-refractivity contribution < 1.29 is 15.0 Å². The van der Waals surface area contributed by atoms with Gasteiger partial charge >= 0.3 is 6.03 Å². The molecule has 2 aromatic rings. The Kier molecular flexibility index (Phi) is 5.19. The highest BCUT2D eigenvalue weighted by Crippen LogP contribution is 2.20. The maximum Gasteiger partial charge on any atom is 0.322 e. The van der Waals surface area contributed by atoms with Crippen molar-refractivity contribution >= 4 is 22.6 Å². The number of aliphatic hydroxyl groups excluding tert-OH is 2. The van der Waals surface area contributed by atoms with E-state index < -0.39 is 0 Å². The van der Waals surface area contributed by atoms with Gasteiger partial charge in [0.25, 0.3) is 0 Å². The fourth-order valence-corrected chi connectivity index (χ4v) is 2.30. The number of fused-ring (bicyclic) bond motifs is 1. The number of hydrogen-bond acceptors (Lipinski definition) is 3. The van der Waals surface area contributed by atoms with E-state index in [0.29, 0.717) is 5.69 Å². The first-order valence-corrected chi connectivity index (χ1v) is 7.06. The second kappa shape index (κ2) is 7.10. The predicted octanol–water partition coefficient (Wildman–Crippen LogP) is 1.48. The van der Waals surface area contributed by atoms with Crippen LogP contribution in [0.25, 0.3) is 10.9 Å². The molecule has 1 heterocycles. The monoisotopic (exact) mass is 291 g/mol. The molecule has 0 atom stereocenters. The molecule has 0 aliphatic rings. The molecule has 6 nitrogen and oxygen atoms in total. The summed E-state index contributed by atoms with van der Waals surface area (Å²) in [6.07, 6.45) is 2.01. The average Bonchev–Trinajstić information content (AvgIpc) is 2.89. The molecule has 0 saturated carbocycles. The number of hydrogen-bond donors (Lipinski definition) is 3. The van der Waals surface area contributed by atoms with E-state index in [4.69, 9.17) is 10.2 Å². The van der Waals surface area contributed by atoms with Crippen LogP contribution < -0.4 is 5.32 Å². The number of nitrogens with zero attached hydrogens (tertiary/aromatic N) is 2. The van der Waals surface area contributed by atoms with Crippen LogP contribution in [0.15, 0.2) is 30.5 Å². The number of amides is 2. The number of nitrogens with one attached hydrogen (secondary N) is 1. The third-order valence-electron chi connectivity index (χ3n) is 3.39. The molecule has 0 radical (unpaired) electrons. The van der Waals surface area contributed by atoms with Crippen molar-refractivity contribution in [2.24, 2.45) is 0 Å². The summed E-state index contributed by atoms with van der Waals surface area (Å²) in [5, 5.41) is 21.8. The van der Waals surface area contributed by atoms with Crippen LogP contribution in [0.2, 0.25) is 0 Å². The summed E-state index contributed by atoms with van der Waals surface area (Å²) in [6.45, 7) is 3.05. The minimum absolute atomic E-state index is 0.134. The average molecular weight is 291 g/mol. The molecular formula is C15H21N3O3. The molecule has 0 spiro atoms. The third kappa shape index (κ3) is 3.53. The van der Waals surface area contributed by atoms with E-state index in [1.807, 2.05) is 30.5 Å². The maximum atomic E-state index is 12.1. The predicted molar refractivity (Wildman–Crippen MR) is 82.4 cm³/mol. The normalized spacial score (nSPS) is 10.8. The number of benzene rings is 1. The zero-order valence-corrected chi connectivity index (χ0v) is 12.1. The Bertz CT molecular complexity index is 603. The van der Waals surface area contributed by atoms with Crippen molar-refractivity contribution in [1.29, 1.82) is 0 Å². The summed E-state index contributed by atoms with van der Waals surface area (Å²) >= 11 is 0. The van der Waals surface area contributed by atoms with Crippen LogP contribution in [0.3, 0.4) is 0 Å². The first-order chi connectivity index (χ1) is 10.2. The van der Waals surface area contributed by atoms with Crippen molar-refractivity contribution in [3.63, 3.8) is 0 Å². The number of aryl methyl sites for hydroxylation is 1. The van der Waals surface area contributed by atoms with E-state index in [1.165, 1.54) is 4.90 Å². The number of carbonyl (C=O) groups is 1. The van der Waals surface area contributed by atoms with Crippen LogP contribution in [-0.4, -0.2) is 52.0 Å². The van der Waals surface area contributed by atoms with Gasteiger partial charge in [0, 0.05) is 31.5 Å². The smallest absolute Gasteiger partial charge is 0.322 e. The molecule has 0 saturated heterocycles. The summed E-state index contributed by atoms with van der Waals surface area (Å²) in [5.74, 6) is 0. The summed E-state index contributed by atoms with van der Waals surface area (Å²) in [6, 6.07) is 7.43. The lowest BCUT2D eigenvalue weighted by atomic mass is 10.2. The highest BCUT2D eigenvalue weighted by molar-refractivity contribution is 5.92. The molecule has 0 aliphatic heterocycles. The van der Waals surface area contributed by atoms with Gasteiger partial charge in [-0.15, -0.1) is 0 Å². The van der Waals surface area contributed by atoms with E-state index in [-0.39, 0.29) is 32.3 Å². The van der Waals surface area contributed by atoms with Crippen LogP contribution in [0.4, 0.5) is 10.5 Å². The molecule has 0 bridgehead atoms. The second-order valence-corrected chi connectivity index (χ2v) is 4.74. The molecular weight excluding hydrogens is 270 g/mol. The molecule has 114 valence electrons.